The first kappa shape index (κ1) is 16.2. The van der Waals surface area contributed by atoms with Crippen LogP contribution in [0.5, 0.6) is 0 Å². The van der Waals surface area contributed by atoms with Crippen LogP contribution in [-0.4, -0.2) is 35.0 Å². The first-order valence-electron chi connectivity index (χ1n) is 8.12. The molecule has 2 aromatic rings. The van der Waals surface area contributed by atoms with Crippen LogP contribution in [0.25, 0.3) is 10.2 Å². The fourth-order valence-electron chi connectivity index (χ4n) is 3.11. The molecule has 23 heavy (non-hydrogen) atoms. The van der Waals surface area contributed by atoms with Crippen LogP contribution in [0, 0.1) is 0 Å². The Labute approximate surface area is 141 Å². The van der Waals surface area contributed by atoms with Gasteiger partial charge in [-0.3, -0.25) is 4.79 Å². The van der Waals surface area contributed by atoms with E-state index in [1.165, 1.54) is 23.3 Å². The predicted molar refractivity (Wildman–Crippen MR) is 95.2 cm³/mol. The summed E-state index contributed by atoms with van der Waals surface area (Å²) < 4.78 is 0. The van der Waals surface area contributed by atoms with Crippen molar-refractivity contribution in [1.82, 2.24) is 15.3 Å². The summed E-state index contributed by atoms with van der Waals surface area (Å²) in [4.78, 5) is 25.6. The predicted octanol–water partition coefficient (Wildman–Crippen LogP) is 2.92. The summed E-state index contributed by atoms with van der Waals surface area (Å²) in [5, 5.41) is 4.15. The Morgan fingerprint density at radius 2 is 2.04 bits per heavy atom. The highest BCUT2D eigenvalue weighted by Gasteiger charge is 2.22. The van der Waals surface area contributed by atoms with Gasteiger partial charge in [-0.2, -0.15) is 0 Å². The number of carbonyl (C=O) groups excluding carboxylic acids is 1. The van der Waals surface area contributed by atoms with Crippen molar-refractivity contribution in [3.05, 3.63) is 16.8 Å². The number of hydrogen-bond acceptors (Lipinski definition) is 5. The number of carbonyl (C=O) groups is 1. The van der Waals surface area contributed by atoms with Gasteiger partial charge in [-0.1, -0.05) is 0 Å². The Hall–Kier alpha value is -1.69. The number of anilines is 1. The lowest BCUT2D eigenvalue weighted by Gasteiger charge is -2.24. The molecular weight excluding hydrogens is 308 g/mol. The molecule has 0 fully saturated rings. The number of nitrogens with zero attached hydrogens (tertiary/aromatic N) is 3. The number of nitrogens with one attached hydrogen (secondary N) is 1. The molecule has 6 heteroatoms. The van der Waals surface area contributed by atoms with Crippen LogP contribution in [-0.2, 0) is 17.6 Å². The van der Waals surface area contributed by atoms with E-state index in [1.54, 1.807) is 17.7 Å². The molecule has 0 spiro atoms. The van der Waals surface area contributed by atoms with E-state index in [0.29, 0.717) is 6.54 Å². The van der Waals surface area contributed by atoms with Crippen molar-refractivity contribution >= 4 is 33.3 Å². The van der Waals surface area contributed by atoms with Gasteiger partial charge in [0.1, 0.15) is 17.0 Å². The molecule has 0 atom stereocenters. The minimum Gasteiger partial charge on any atom is -0.350 e. The highest BCUT2D eigenvalue weighted by molar-refractivity contribution is 7.19. The molecule has 1 aliphatic rings. The molecule has 0 bridgehead atoms. The zero-order valence-corrected chi connectivity index (χ0v) is 15.1. The third-order valence-corrected chi connectivity index (χ3v) is 5.19. The maximum atomic E-state index is 12.2. The fraction of sp³-hybridized carbons (Fsp3) is 0.588. The Bertz CT molecular complexity index is 732. The van der Waals surface area contributed by atoms with Crippen molar-refractivity contribution < 1.29 is 4.79 Å². The Morgan fingerprint density at radius 3 is 2.78 bits per heavy atom. The van der Waals surface area contributed by atoms with E-state index in [1.807, 2.05) is 32.7 Å². The van der Waals surface area contributed by atoms with Crippen molar-refractivity contribution in [3.8, 4) is 0 Å². The van der Waals surface area contributed by atoms with E-state index in [-0.39, 0.29) is 11.4 Å². The summed E-state index contributed by atoms with van der Waals surface area (Å²) in [6, 6.07) is 0. The van der Waals surface area contributed by atoms with E-state index in [9.17, 15) is 4.79 Å². The lowest BCUT2D eigenvalue weighted by Crippen LogP contribution is -2.45. The summed E-state index contributed by atoms with van der Waals surface area (Å²) in [7, 11) is 1.93. The van der Waals surface area contributed by atoms with Crippen LogP contribution in [0.15, 0.2) is 6.33 Å². The van der Waals surface area contributed by atoms with E-state index >= 15 is 0 Å². The number of amides is 1. The van der Waals surface area contributed by atoms with Gasteiger partial charge in [0.25, 0.3) is 0 Å². The summed E-state index contributed by atoms with van der Waals surface area (Å²) in [6.45, 7) is 6.27. The number of aryl methyl sites for hydroxylation is 2. The number of hydrogen-bond donors (Lipinski definition) is 1. The zero-order valence-electron chi connectivity index (χ0n) is 14.3. The highest BCUT2D eigenvalue weighted by atomic mass is 32.1. The standard InChI is InChI=1S/C17H24N4OS/c1-17(2,3)20-13(22)9-21(4)15-14-11-7-5-6-8-12(11)23-16(14)19-10-18-15/h10H,5-9H2,1-4H3,(H,20,22). The van der Waals surface area contributed by atoms with E-state index < -0.39 is 0 Å². The molecule has 0 unspecified atom stereocenters. The van der Waals surface area contributed by atoms with E-state index in [0.717, 1.165) is 28.9 Å². The number of rotatable bonds is 3. The second kappa shape index (κ2) is 6.07. The van der Waals surface area contributed by atoms with Crippen molar-refractivity contribution in [3.63, 3.8) is 0 Å². The number of aromatic nitrogens is 2. The van der Waals surface area contributed by atoms with Gasteiger partial charge in [0.2, 0.25) is 5.91 Å². The summed E-state index contributed by atoms with van der Waals surface area (Å²) >= 11 is 1.78. The van der Waals surface area contributed by atoms with E-state index in [4.69, 9.17) is 0 Å². The number of likely N-dealkylation sites (N-methyl/N-ethyl adjacent to an activating group) is 1. The Balaban J connectivity index is 1.90. The molecule has 2 aromatic heterocycles. The quantitative estimate of drug-likeness (QED) is 0.939. The Kier molecular flexibility index (Phi) is 4.27. The molecule has 0 saturated carbocycles. The average molecular weight is 332 g/mol. The molecule has 124 valence electrons. The highest BCUT2D eigenvalue weighted by Crippen LogP contribution is 2.38. The number of thiophene rings is 1. The molecule has 0 aromatic carbocycles. The van der Waals surface area contributed by atoms with Gasteiger partial charge in [0.05, 0.1) is 11.9 Å². The average Bonchev–Trinajstić information content (AvgIpc) is 2.83. The zero-order chi connectivity index (χ0) is 16.6. The second-order valence-electron chi connectivity index (χ2n) is 7.24. The van der Waals surface area contributed by atoms with Crippen molar-refractivity contribution in [2.75, 3.05) is 18.5 Å². The fourth-order valence-corrected chi connectivity index (χ4v) is 4.33. The molecule has 2 heterocycles. The SMILES string of the molecule is CN(CC(=O)NC(C)(C)C)c1ncnc2sc3c(c12)CCCC3. The minimum atomic E-state index is -0.222. The Morgan fingerprint density at radius 1 is 1.30 bits per heavy atom. The second-order valence-corrected chi connectivity index (χ2v) is 8.33. The third-order valence-electron chi connectivity index (χ3n) is 3.99. The van der Waals surface area contributed by atoms with E-state index in [2.05, 4.69) is 15.3 Å². The summed E-state index contributed by atoms with van der Waals surface area (Å²) in [5.74, 6) is 0.884. The van der Waals surface area contributed by atoms with Gasteiger partial charge in [-0.05, 0) is 52.0 Å². The van der Waals surface area contributed by atoms with Crippen molar-refractivity contribution in [2.24, 2.45) is 0 Å². The maximum absolute atomic E-state index is 12.2. The van der Waals surface area contributed by atoms with Crippen LogP contribution in [0.2, 0.25) is 0 Å². The van der Waals surface area contributed by atoms with Gasteiger partial charge in [-0.25, -0.2) is 9.97 Å². The summed E-state index contributed by atoms with van der Waals surface area (Å²) in [5.41, 5.74) is 1.18. The molecule has 0 aliphatic heterocycles. The lowest BCUT2D eigenvalue weighted by molar-refractivity contribution is -0.121. The number of fused-ring (bicyclic) bond motifs is 3. The van der Waals surface area contributed by atoms with Crippen LogP contribution < -0.4 is 10.2 Å². The van der Waals surface area contributed by atoms with Crippen molar-refractivity contribution in [1.29, 1.82) is 0 Å². The molecule has 5 nitrogen and oxygen atoms in total. The first-order valence-corrected chi connectivity index (χ1v) is 8.94. The van der Waals surface area contributed by atoms with Gasteiger partial charge in [-0.15, -0.1) is 11.3 Å². The van der Waals surface area contributed by atoms with Gasteiger partial charge in [0.15, 0.2) is 0 Å². The molecule has 0 saturated heterocycles. The molecule has 1 aliphatic carbocycles. The monoisotopic (exact) mass is 332 g/mol. The third kappa shape index (κ3) is 3.47. The molecule has 0 radical (unpaired) electrons. The summed E-state index contributed by atoms with van der Waals surface area (Å²) in [6.07, 6.45) is 6.33. The topological polar surface area (TPSA) is 58.1 Å². The molecule has 1 N–H and O–H groups in total. The van der Waals surface area contributed by atoms with Gasteiger partial charge < -0.3 is 10.2 Å². The minimum absolute atomic E-state index is 0.0101. The largest absolute Gasteiger partial charge is 0.350 e. The van der Waals surface area contributed by atoms with Crippen LogP contribution in [0.4, 0.5) is 5.82 Å². The van der Waals surface area contributed by atoms with Gasteiger partial charge >= 0.3 is 0 Å². The smallest absolute Gasteiger partial charge is 0.239 e. The van der Waals surface area contributed by atoms with Crippen LogP contribution in [0.1, 0.15) is 44.1 Å². The van der Waals surface area contributed by atoms with Crippen LogP contribution in [0.3, 0.4) is 0 Å². The molecular formula is C17H24N4OS. The lowest BCUT2D eigenvalue weighted by atomic mass is 9.97. The van der Waals surface area contributed by atoms with Crippen LogP contribution >= 0.6 is 11.3 Å². The van der Waals surface area contributed by atoms with Crippen molar-refractivity contribution in [2.45, 2.75) is 52.0 Å². The van der Waals surface area contributed by atoms with Gasteiger partial charge in [0, 0.05) is 17.5 Å². The normalized spacial score (nSPS) is 14.6. The molecule has 3 rings (SSSR count). The maximum Gasteiger partial charge on any atom is 0.239 e. The molecule has 1 amide bonds. The first-order chi connectivity index (χ1) is 10.8.